The minimum absolute atomic E-state index is 0. The molecule has 1 heterocycles. The molecule has 2 aromatic rings. The lowest BCUT2D eigenvalue weighted by Crippen LogP contribution is -2.38. The average Bonchev–Trinajstić information content (AvgIpc) is 3.04. The van der Waals surface area contributed by atoms with Gasteiger partial charge in [0, 0.05) is 37.1 Å². The van der Waals surface area contributed by atoms with E-state index in [4.69, 9.17) is 0 Å². The number of aliphatic imine (C=N–C) groups is 1. The first kappa shape index (κ1) is 21.8. The summed E-state index contributed by atoms with van der Waals surface area (Å²) in [4.78, 5) is 10.3. The molecule has 0 bridgehead atoms. The highest BCUT2D eigenvalue weighted by Gasteiger charge is 2.03. The van der Waals surface area contributed by atoms with Gasteiger partial charge in [0.15, 0.2) is 5.96 Å². The molecule has 7 heteroatoms. The maximum atomic E-state index is 13.6. The first-order valence-electron chi connectivity index (χ1n) is 8.42. The number of rotatable bonds is 8. The lowest BCUT2D eigenvalue weighted by molar-refractivity contribution is 0.606. The fraction of sp³-hybridized carbons (Fsp3) is 0.444. The van der Waals surface area contributed by atoms with Crippen molar-refractivity contribution in [3.8, 4) is 0 Å². The number of aromatic nitrogens is 1. The average molecular weight is 476 g/mol. The van der Waals surface area contributed by atoms with Crippen molar-refractivity contribution >= 4 is 41.3 Å². The third-order valence-corrected chi connectivity index (χ3v) is 4.74. The van der Waals surface area contributed by atoms with Crippen molar-refractivity contribution in [1.29, 1.82) is 0 Å². The van der Waals surface area contributed by atoms with Gasteiger partial charge in [-0.15, -0.1) is 35.3 Å². The fourth-order valence-corrected chi connectivity index (χ4v) is 3.10. The summed E-state index contributed by atoms with van der Waals surface area (Å²) < 4.78 is 13.6. The molecule has 0 radical (unpaired) electrons. The van der Waals surface area contributed by atoms with E-state index in [9.17, 15) is 4.39 Å². The number of benzene rings is 1. The topological polar surface area (TPSA) is 49.3 Å². The van der Waals surface area contributed by atoms with Crippen molar-refractivity contribution in [1.82, 2.24) is 15.6 Å². The molecule has 0 fully saturated rings. The van der Waals surface area contributed by atoms with Crippen LogP contribution in [0.4, 0.5) is 4.39 Å². The standard InChI is InChI=1S/C18H25FN4S.HI/c1-3-15-13-23-17(24-15)10-12-22-18(20-4-2)21-11-9-14-7-5-6-8-16(14)19;/h5-8,13H,3-4,9-12H2,1-2H3,(H2,20,21,22);1H. The molecule has 0 unspecified atom stereocenters. The molecule has 25 heavy (non-hydrogen) atoms. The summed E-state index contributed by atoms with van der Waals surface area (Å²) in [5, 5.41) is 7.59. The van der Waals surface area contributed by atoms with Gasteiger partial charge >= 0.3 is 0 Å². The predicted molar refractivity (Wildman–Crippen MR) is 115 cm³/mol. The van der Waals surface area contributed by atoms with E-state index in [0.717, 1.165) is 35.9 Å². The Bertz CT molecular complexity index is 660. The Balaban J connectivity index is 0.00000312. The summed E-state index contributed by atoms with van der Waals surface area (Å²) in [6, 6.07) is 6.87. The summed E-state index contributed by atoms with van der Waals surface area (Å²) in [6.07, 6.45) is 4.45. The lowest BCUT2D eigenvalue weighted by atomic mass is 10.1. The number of hydrogen-bond donors (Lipinski definition) is 2. The molecule has 138 valence electrons. The minimum Gasteiger partial charge on any atom is -0.357 e. The Morgan fingerprint density at radius 1 is 1.20 bits per heavy atom. The zero-order chi connectivity index (χ0) is 17.2. The van der Waals surface area contributed by atoms with Crippen LogP contribution < -0.4 is 10.6 Å². The Labute approximate surface area is 170 Å². The fourth-order valence-electron chi connectivity index (χ4n) is 2.25. The maximum Gasteiger partial charge on any atom is 0.191 e. The third kappa shape index (κ3) is 7.68. The predicted octanol–water partition coefficient (Wildman–Crippen LogP) is 3.80. The van der Waals surface area contributed by atoms with Gasteiger partial charge in [0.05, 0.1) is 5.01 Å². The monoisotopic (exact) mass is 476 g/mol. The van der Waals surface area contributed by atoms with Crippen LogP contribution >= 0.6 is 35.3 Å². The van der Waals surface area contributed by atoms with Gasteiger partial charge in [-0.1, -0.05) is 25.1 Å². The Kier molecular flexibility index (Phi) is 10.6. The van der Waals surface area contributed by atoms with Crippen molar-refractivity contribution in [2.24, 2.45) is 4.99 Å². The first-order valence-corrected chi connectivity index (χ1v) is 9.23. The van der Waals surface area contributed by atoms with Crippen molar-refractivity contribution < 1.29 is 4.39 Å². The van der Waals surface area contributed by atoms with Gasteiger partial charge in [0.2, 0.25) is 0 Å². The number of thiazole rings is 1. The van der Waals surface area contributed by atoms with Crippen molar-refractivity contribution in [3.63, 3.8) is 0 Å². The first-order chi connectivity index (χ1) is 11.7. The second kappa shape index (κ2) is 12.2. The Morgan fingerprint density at radius 3 is 2.68 bits per heavy atom. The van der Waals surface area contributed by atoms with E-state index in [1.54, 1.807) is 17.4 Å². The summed E-state index contributed by atoms with van der Waals surface area (Å²) in [6.45, 7) is 6.29. The van der Waals surface area contributed by atoms with Crippen LogP contribution in [0.1, 0.15) is 29.3 Å². The zero-order valence-corrected chi connectivity index (χ0v) is 17.9. The molecule has 0 saturated heterocycles. The van der Waals surface area contributed by atoms with E-state index >= 15 is 0 Å². The van der Waals surface area contributed by atoms with Gasteiger partial charge < -0.3 is 10.6 Å². The van der Waals surface area contributed by atoms with E-state index in [2.05, 4.69) is 27.5 Å². The van der Waals surface area contributed by atoms with Crippen LogP contribution in [0.3, 0.4) is 0 Å². The van der Waals surface area contributed by atoms with Gasteiger partial charge in [-0.2, -0.15) is 0 Å². The quantitative estimate of drug-likeness (QED) is 0.346. The number of nitrogens with one attached hydrogen (secondary N) is 2. The Hall–Kier alpha value is -1.22. The molecule has 0 aliphatic rings. The molecule has 4 nitrogen and oxygen atoms in total. The molecular weight excluding hydrogens is 450 g/mol. The summed E-state index contributed by atoms with van der Waals surface area (Å²) in [7, 11) is 0. The van der Waals surface area contributed by atoms with Crippen LogP contribution in [-0.2, 0) is 19.3 Å². The molecule has 0 aliphatic carbocycles. The molecular formula is C18H26FIN4S. The van der Waals surface area contributed by atoms with Crippen LogP contribution in [0.2, 0.25) is 0 Å². The van der Waals surface area contributed by atoms with Crippen LogP contribution in [0.25, 0.3) is 0 Å². The van der Waals surface area contributed by atoms with Gasteiger partial charge in [-0.25, -0.2) is 9.37 Å². The summed E-state index contributed by atoms with van der Waals surface area (Å²) in [5.41, 5.74) is 0.718. The normalized spacial score (nSPS) is 11.1. The molecule has 0 atom stereocenters. The molecule has 2 N–H and O–H groups in total. The third-order valence-electron chi connectivity index (χ3n) is 3.53. The summed E-state index contributed by atoms with van der Waals surface area (Å²) in [5.74, 6) is 0.609. The number of hydrogen-bond acceptors (Lipinski definition) is 3. The van der Waals surface area contributed by atoms with E-state index < -0.39 is 0 Å². The smallest absolute Gasteiger partial charge is 0.191 e. The van der Waals surface area contributed by atoms with E-state index in [1.807, 2.05) is 25.3 Å². The number of halogens is 2. The number of nitrogens with zero attached hydrogens (tertiary/aromatic N) is 2. The van der Waals surface area contributed by atoms with Crippen molar-refractivity contribution in [2.45, 2.75) is 33.1 Å². The van der Waals surface area contributed by atoms with Gasteiger partial charge in [-0.3, -0.25) is 4.99 Å². The number of guanidine groups is 1. The van der Waals surface area contributed by atoms with E-state index in [1.165, 1.54) is 10.9 Å². The molecule has 1 aromatic carbocycles. The Morgan fingerprint density at radius 2 is 2.00 bits per heavy atom. The summed E-state index contributed by atoms with van der Waals surface area (Å²) >= 11 is 1.75. The zero-order valence-electron chi connectivity index (χ0n) is 14.7. The van der Waals surface area contributed by atoms with Crippen molar-refractivity contribution in [2.75, 3.05) is 19.6 Å². The highest BCUT2D eigenvalue weighted by molar-refractivity contribution is 14.0. The molecule has 0 aliphatic heterocycles. The highest BCUT2D eigenvalue weighted by atomic mass is 127. The minimum atomic E-state index is -0.156. The van der Waals surface area contributed by atoms with Crippen molar-refractivity contribution in [3.05, 3.63) is 51.7 Å². The largest absolute Gasteiger partial charge is 0.357 e. The maximum absolute atomic E-state index is 13.6. The highest BCUT2D eigenvalue weighted by Crippen LogP contribution is 2.13. The lowest BCUT2D eigenvalue weighted by Gasteiger charge is -2.11. The molecule has 0 amide bonds. The molecule has 0 spiro atoms. The molecule has 1 aromatic heterocycles. The molecule has 0 saturated carbocycles. The van der Waals surface area contributed by atoms with E-state index in [-0.39, 0.29) is 29.8 Å². The van der Waals surface area contributed by atoms with Crippen LogP contribution in [0, 0.1) is 5.82 Å². The van der Waals surface area contributed by atoms with Gasteiger partial charge in [0.25, 0.3) is 0 Å². The van der Waals surface area contributed by atoms with Gasteiger partial charge in [0.1, 0.15) is 5.82 Å². The molecule has 2 rings (SSSR count). The SMILES string of the molecule is CCNC(=NCCc1ncc(CC)s1)NCCc1ccccc1F.I. The van der Waals surface area contributed by atoms with Crippen LogP contribution in [0.15, 0.2) is 35.5 Å². The second-order valence-electron chi connectivity index (χ2n) is 5.35. The number of aryl methyl sites for hydroxylation is 1. The van der Waals surface area contributed by atoms with Gasteiger partial charge in [-0.05, 0) is 31.4 Å². The van der Waals surface area contributed by atoms with E-state index in [0.29, 0.717) is 19.5 Å². The van der Waals surface area contributed by atoms with Crippen LogP contribution in [-0.4, -0.2) is 30.6 Å². The second-order valence-corrected chi connectivity index (χ2v) is 6.55. The van der Waals surface area contributed by atoms with Crippen LogP contribution in [0.5, 0.6) is 0 Å².